The number of nitrogens with zero attached hydrogens (tertiary/aromatic N) is 2. The summed E-state index contributed by atoms with van der Waals surface area (Å²) in [6, 6.07) is 3.95. The van der Waals surface area contributed by atoms with E-state index in [2.05, 4.69) is 10.4 Å². The maximum absolute atomic E-state index is 13.4. The summed E-state index contributed by atoms with van der Waals surface area (Å²) in [4.78, 5) is 0. The lowest BCUT2D eigenvalue weighted by Crippen LogP contribution is -2.08. The van der Waals surface area contributed by atoms with Crippen molar-refractivity contribution in [1.82, 2.24) is 9.78 Å². The van der Waals surface area contributed by atoms with Gasteiger partial charge in [-0.25, -0.2) is 4.39 Å². The summed E-state index contributed by atoms with van der Waals surface area (Å²) in [7, 11) is 1.72. The van der Waals surface area contributed by atoms with Crippen LogP contribution in [0.25, 0.3) is 0 Å². The molecule has 1 aromatic carbocycles. The fourth-order valence-corrected chi connectivity index (χ4v) is 1.58. The zero-order chi connectivity index (χ0) is 14.0. The van der Waals surface area contributed by atoms with Crippen molar-refractivity contribution in [3.8, 4) is 0 Å². The van der Waals surface area contributed by atoms with Crippen molar-refractivity contribution in [2.24, 2.45) is 7.05 Å². The van der Waals surface area contributed by atoms with E-state index in [-0.39, 0.29) is 12.2 Å². The summed E-state index contributed by atoms with van der Waals surface area (Å²) in [6.07, 6.45) is -2.80. The van der Waals surface area contributed by atoms with Crippen LogP contribution >= 0.6 is 0 Å². The van der Waals surface area contributed by atoms with Crippen LogP contribution in [-0.4, -0.2) is 9.78 Å². The van der Waals surface area contributed by atoms with Gasteiger partial charge in [-0.1, -0.05) is 0 Å². The molecule has 19 heavy (non-hydrogen) atoms. The molecule has 0 fully saturated rings. The molecule has 0 saturated heterocycles. The number of aromatic nitrogens is 2. The molecule has 2 rings (SSSR count). The molecule has 0 saturated carbocycles. The van der Waals surface area contributed by atoms with Gasteiger partial charge in [0.2, 0.25) is 0 Å². The Bertz CT molecular complexity index is 575. The fourth-order valence-electron chi connectivity index (χ4n) is 1.58. The zero-order valence-electron chi connectivity index (χ0n) is 10.0. The van der Waals surface area contributed by atoms with Crippen LogP contribution in [0.1, 0.15) is 11.3 Å². The van der Waals surface area contributed by atoms with Gasteiger partial charge in [-0.15, -0.1) is 0 Å². The first-order chi connectivity index (χ1) is 8.86. The van der Waals surface area contributed by atoms with Crippen LogP contribution in [0.5, 0.6) is 0 Å². The van der Waals surface area contributed by atoms with E-state index in [0.29, 0.717) is 11.8 Å². The Morgan fingerprint density at radius 2 is 2.00 bits per heavy atom. The van der Waals surface area contributed by atoms with E-state index >= 15 is 0 Å². The third-order valence-electron chi connectivity index (χ3n) is 2.52. The van der Waals surface area contributed by atoms with Crippen LogP contribution in [0.2, 0.25) is 0 Å². The van der Waals surface area contributed by atoms with Gasteiger partial charge in [-0.3, -0.25) is 4.68 Å². The van der Waals surface area contributed by atoms with Crippen LogP contribution in [0.3, 0.4) is 0 Å². The van der Waals surface area contributed by atoms with Crippen molar-refractivity contribution in [3.05, 3.63) is 47.5 Å². The SMILES string of the molecule is Cn1ccc(CNc2cc(C(F)(F)F)ccc2F)n1. The monoisotopic (exact) mass is 273 g/mol. The van der Waals surface area contributed by atoms with Crippen molar-refractivity contribution < 1.29 is 17.6 Å². The van der Waals surface area contributed by atoms with Crippen molar-refractivity contribution in [3.63, 3.8) is 0 Å². The molecule has 0 aliphatic carbocycles. The molecule has 102 valence electrons. The van der Waals surface area contributed by atoms with Gasteiger partial charge in [0, 0.05) is 13.2 Å². The topological polar surface area (TPSA) is 29.9 Å². The quantitative estimate of drug-likeness (QED) is 0.870. The molecule has 0 radical (unpaired) electrons. The highest BCUT2D eigenvalue weighted by Gasteiger charge is 2.31. The maximum Gasteiger partial charge on any atom is 0.416 e. The van der Waals surface area contributed by atoms with Gasteiger partial charge in [-0.05, 0) is 24.3 Å². The minimum absolute atomic E-state index is 0.152. The van der Waals surface area contributed by atoms with Gasteiger partial charge in [0.05, 0.1) is 23.5 Å². The van der Waals surface area contributed by atoms with Crippen molar-refractivity contribution in [2.45, 2.75) is 12.7 Å². The van der Waals surface area contributed by atoms with Crippen molar-refractivity contribution in [1.29, 1.82) is 0 Å². The maximum atomic E-state index is 13.4. The molecule has 0 aliphatic rings. The second-order valence-corrected chi connectivity index (χ2v) is 4.03. The molecule has 7 heteroatoms. The van der Waals surface area contributed by atoms with Crippen LogP contribution in [0.4, 0.5) is 23.2 Å². The molecule has 3 nitrogen and oxygen atoms in total. The number of rotatable bonds is 3. The van der Waals surface area contributed by atoms with Crippen molar-refractivity contribution >= 4 is 5.69 Å². The molecule has 0 atom stereocenters. The highest BCUT2D eigenvalue weighted by Crippen LogP contribution is 2.31. The number of hydrogen-bond acceptors (Lipinski definition) is 2. The summed E-state index contributed by atoms with van der Waals surface area (Å²) in [5, 5.41) is 6.64. The Labute approximate surface area is 106 Å². The van der Waals surface area contributed by atoms with Gasteiger partial charge in [-0.2, -0.15) is 18.3 Å². The molecule has 0 spiro atoms. The van der Waals surface area contributed by atoms with E-state index in [0.717, 1.165) is 12.1 Å². The minimum atomic E-state index is -4.49. The first-order valence-corrected chi connectivity index (χ1v) is 5.45. The predicted molar refractivity (Wildman–Crippen MR) is 61.9 cm³/mol. The zero-order valence-corrected chi connectivity index (χ0v) is 10.0. The molecule has 0 amide bonds. The van der Waals surface area contributed by atoms with Gasteiger partial charge < -0.3 is 5.32 Å². The van der Waals surface area contributed by atoms with Gasteiger partial charge in [0.1, 0.15) is 5.82 Å². The summed E-state index contributed by atoms with van der Waals surface area (Å²) >= 11 is 0. The number of anilines is 1. The number of hydrogen-bond donors (Lipinski definition) is 1. The average molecular weight is 273 g/mol. The minimum Gasteiger partial charge on any atom is -0.377 e. The Morgan fingerprint density at radius 3 is 2.58 bits per heavy atom. The van der Waals surface area contributed by atoms with Crippen molar-refractivity contribution in [2.75, 3.05) is 5.32 Å². The standard InChI is InChI=1S/C12H11F4N3/c1-19-5-4-9(18-19)7-17-11-6-8(12(14,15)16)2-3-10(11)13/h2-6,17H,7H2,1H3. The van der Waals surface area contributed by atoms with Gasteiger partial charge in [0.15, 0.2) is 0 Å². The van der Waals surface area contributed by atoms with Crippen LogP contribution in [0.15, 0.2) is 30.5 Å². The molecule has 1 aromatic heterocycles. The number of alkyl halides is 3. The summed E-state index contributed by atoms with van der Waals surface area (Å²) in [5.41, 5.74) is -0.475. The Morgan fingerprint density at radius 1 is 1.26 bits per heavy atom. The second kappa shape index (κ2) is 4.91. The van der Waals surface area contributed by atoms with E-state index in [1.165, 1.54) is 0 Å². The molecule has 0 aliphatic heterocycles. The third-order valence-corrected chi connectivity index (χ3v) is 2.52. The van der Waals surface area contributed by atoms with Crippen LogP contribution in [0, 0.1) is 5.82 Å². The first kappa shape index (κ1) is 13.4. The Balaban J connectivity index is 2.15. The smallest absolute Gasteiger partial charge is 0.377 e. The lowest BCUT2D eigenvalue weighted by molar-refractivity contribution is -0.137. The third kappa shape index (κ3) is 3.24. The normalized spacial score (nSPS) is 11.6. The predicted octanol–water partition coefficient (Wildman–Crippen LogP) is 3.19. The summed E-state index contributed by atoms with van der Waals surface area (Å²) < 4.78 is 52.5. The Hall–Kier alpha value is -2.05. The van der Waals surface area contributed by atoms with E-state index in [1.807, 2.05) is 0 Å². The molecule has 1 heterocycles. The molecular weight excluding hydrogens is 262 g/mol. The summed E-state index contributed by atoms with van der Waals surface area (Å²) in [5.74, 6) is -0.732. The van der Waals surface area contributed by atoms with Gasteiger partial charge >= 0.3 is 6.18 Å². The number of benzene rings is 1. The van der Waals surface area contributed by atoms with Crippen LogP contribution < -0.4 is 5.32 Å². The molecule has 0 unspecified atom stereocenters. The molecule has 0 bridgehead atoms. The van der Waals surface area contributed by atoms with E-state index in [1.54, 1.807) is 24.0 Å². The molecule has 1 N–H and O–H groups in total. The Kier molecular flexibility index (Phi) is 3.46. The lowest BCUT2D eigenvalue weighted by Gasteiger charge is -2.11. The highest BCUT2D eigenvalue weighted by molar-refractivity contribution is 5.48. The van der Waals surface area contributed by atoms with E-state index < -0.39 is 17.6 Å². The van der Waals surface area contributed by atoms with E-state index in [4.69, 9.17) is 0 Å². The van der Waals surface area contributed by atoms with Gasteiger partial charge in [0.25, 0.3) is 0 Å². The largest absolute Gasteiger partial charge is 0.416 e. The fraction of sp³-hybridized carbons (Fsp3) is 0.250. The lowest BCUT2D eigenvalue weighted by atomic mass is 10.2. The average Bonchev–Trinajstić information content (AvgIpc) is 2.72. The number of halogens is 4. The first-order valence-electron chi connectivity index (χ1n) is 5.45. The molecule has 2 aromatic rings. The summed E-state index contributed by atoms with van der Waals surface area (Å²) in [6.45, 7) is 0.152. The number of aryl methyl sites for hydroxylation is 1. The van der Waals surface area contributed by atoms with Crippen LogP contribution in [-0.2, 0) is 19.8 Å². The van der Waals surface area contributed by atoms with E-state index in [9.17, 15) is 17.6 Å². The molecular formula is C12H11F4N3. The second-order valence-electron chi connectivity index (χ2n) is 4.03. The highest BCUT2D eigenvalue weighted by atomic mass is 19.4. The number of nitrogens with one attached hydrogen (secondary N) is 1.